The Hall–Kier alpha value is -2.61. The van der Waals surface area contributed by atoms with Crippen LogP contribution in [0, 0.1) is 5.82 Å². The number of sulfonamides is 1. The van der Waals surface area contributed by atoms with Crippen molar-refractivity contribution in [1.82, 2.24) is 5.32 Å². The summed E-state index contributed by atoms with van der Waals surface area (Å²) in [5.74, 6) is -0.918. The monoisotopic (exact) mass is 466 g/mol. The molecule has 5 nitrogen and oxygen atoms in total. The van der Waals surface area contributed by atoms with Gasteiger partial charge in [0.05, 0.1) is 27.7 Å². The van der Waals surface area contributed by atoms with Crippen molar-refractivity contribution in [2.45, 2.75) is 4.90 Å². The summed E-state index contributed by atoms with van der Waals surface area (Å²) in [6, 6.07) is 17.3. The molecular formula is C21H17Cl2FN2O3S. The Balaban J connectivity index is 1.83. The lowest BCUT2D eigenvalue weighted by molar-refractivity contribution is 0.0955. The summed E-state index contributed by atoms with van der Waals surface area (Å²) in [4.78, 5) is 12.4. The van der Waals surface area contributed by atoms with Gasteiger partial charge < -0.3 is 5.32 Å². The van der Waals surface area contributed by atoms with Gasteiger partial charge in [-0.25, -0.2) is 12.8 Å². The first-order valence-electron chi connectivity index (χ1n) is 8.85. The number of hydrogen-bond acceptors (Lipinski definition) is 3. The van der Waals surface area contributed by atoms with E-state index >= 15 is 0 Å². The molecule has 0 atom stereocenters. The summed E-state index contributed by atoms with van der Waals surface area (Å²) >= 11 is 11.9. The zero-order valence-electron chi connectivity index (χ0n) is 15.6. The van der Waals surface area contributed by atoms with Gasteiger partial charge >= 0.3 is 0 Å². The second-order valence-electron chi connectivity index (χ2n) is 6.24. The van der Waals surface area contributed by atoms with E-state index in [1.807, 2.05) is 0 Å². The molecule has 0 radical (unpaired) electrons. The lowest BCUT2D eigenvalue weighted by Gasteiger charge is -2.25. The number of anilines is 1. The Morgan fingerprint density at radius 2 is 1.57 bits per heavy atom. The van der Waals surface area contributed by atoms with Crippen LogP contribution in [0.3, 0.4) is 0 Å². The highest BCUT2D eigenvalue weighted by atomic mass is 35.5. The van der Waals surface area contributed by atoms with E-state index in [0.29, 0.717) is 10.0 Å². The van der Waals surface area contributed by atoms with Crippen molar-refractivity contribution in [2.24, 2.45) is 0 Å². The first-order valence-corrected chi connectivity index (χ1v) is 11.1. The maximum atomic E-state index is 13.3. The van der Waals surface area contributed by atoms with E-state index in [1.54, 1.807) is 24.3 Å². The molecule has 0 saturated carbocycles. The second kappa shape index (κ2) is 9.47. The van der Waals surface area contributed by atoms with Crippen LogP contribution in [-0.2, 0) is 10.0 Å². The minimum absolute atomic E-state index is 0.00819. The average molecular weight is 467 g/mol. The number of nitrogens with zero attached hydrogens (tertiary/aromatic N) is 1. The third kappa shape index (κ3) is 5.11. The van der Waals surface area contributed by atoms with Gasteiger partial charge in [0.25, 0.3) is 15.9 Å². The van der Waals surface area contributed by atoms with Gasteiger partial charge in [-0.15, -0.1) is 0 Å². The van der Waals surface area contributed by atoms with Crippen LogP contribution in [0.2, 0.25) is 10.0 Å². The minimum Gasteiger partial charge on any atom is -0.350 e. The first-order chi connectivity index (χ1) is 14.3. The molecule has 156 valence electrons. The standard InChI is InChI=1S/C21H17Cl2FN2O3S/c22-15-5-11-18(12-6-15)30(28,29)26(17-9-7-16(24)8-10-17)14-13-25-21(27)19-3-1-2-4-20(19)23/h1-12H,13-14H2,(H,25,27). The Bertz CT molecular complexity index is 1140. The molecule has 0 spiro atoms. The predicted octanol–water partition coefficient (Wildman–Crippen LogP) is 4.76. The number of carbonyl (C=O) groups excluding carboxylic acids is 1. The van der Waals surface area contributed by atoms with E-state index in [9.17, 15) is 17.6 Å². The molecule has 9 heteroatoms. The van der Waals surface area contributed by atoms with Gasteiger partial charge in [0, 0.05) is 11.6 Å². The summed E-state index contributed by atoms with van der Waals surface area (Å²) in [6.45, 7) is -0.0684. The van der Waals surface area contributed by atoms with Crippen LogP contribution in [0.1, 0.15) is 10.4 Å². The highest BCUT2D eigenvalue weighted by molar-refractivity contribution is 7.92. The molecule has 3 aromatic rings. The third-order valence-corrected chi connectivity index (χ3v) is 6.66. The van der Waals surface area contributed by atoms with Gasteiger partial charge in [-0.3, -0.25) is 9.10 Å². The van der Waals surface area contributed by atoms with Crippen molar-refractivity contribution in [3.8, 4) is 0 Å². The number of amides is 1. The number of halogens is 3. The smallest absolute Gasteiger partial charge is 0.264 e. The van der Waals surface area contributed by atoms with Crippen molar-refractivity contribution in [2.75, 3.05) is 17.4 Å². The summed E-state index contributed by atoms with van der Waals surface area (Å²) in [6.07, 6.45) is 0. The fourth-order valence-corrected chi connectivity index (χ4v) is 4.55. The van der Waals surface area contributed by atoms with E-state index in [1.165, 1.54) is 48.5 Å². The van der Waals surface area contributed by atoms with Crippen molar-refractivity contribution < 1.29 is 17.6 Å². The molecule has 1 amide bonds. The van der Waals surface area contributed by atoms with Gasteiger partial charge in [-0.2, -0.15) is 0 Å². The average Bonchev–Trinajstić information content (AvgIpc) is 2.72. The summed E-state index contributed by atoms with van der Waals surface area (Å²) < 4.78 is 40.8. The van der Waals surface area contributed by atoms with Crippen molar-refractivity contribution in [3.63, 3.8) is 0 Å². The van der Waals surface area contributed by atoms with E-state index in [2.05, 4.69) is 5.32 Å². The highest BCUT2D eigenvalue weighted by Gasteiger charge is 2.25. The molecule has 3 aromatic carbocycles. The number of hydrogen-bond donors (Lipinski definition) is 1. The molecule has 3 rings (SSSR count). The first kappa shape index (κ1) is 22.1. The molecule has 0 aliphatic heterocycles. The SMILES string of the molecule is O=C(NCCN(c1ccc(F)cc1)S(=O)(=O)c1ccc(Cl)cc1)c1ccccc1Cl. The predicted molar refractivity (Wildman–Crippen MR) is 116 cm³/mol. The Morgan fingerprint density at radius 3 is 2.20 bits per heavy atom. The molecule has 1 N–H and O–H groups in total. The Kier molecular flexibility index (Phi) is 6.97. The molecule has 0 bridgehead atoms. The van der Waals surface area contributed by atoms with Gasteiger partial charge in [0.15, 0.2) is 0 Å². The molecule has 30 heavy (non-hydrogen) atoms. The number of carbonyl (C=O) groups is 1. The molecule has 0 heterocycles. The van der Waals surface area contributed by atoms with Crippen LogP contribution in [0.15, 0.2) is 77.7 Å². The van der Waals surface area contributed by atoms with Crippen molar-refractivity contribution in [1.29, 1.82) is 0 Å². The Morgan fingerprint density at radius 1 is 0.933 bits per heavy atom. The molecular weight excluding hydrogens is 450 g/mol. The van der Waals surface area contributed by atoms with Crippen molar-refractivity contribution >= 4 is 44.8 Å². The lowest BCUT2D eigenvalue weighted by atomic mass is 10.2. The zero-order chi connectivity index (χ0) is 21.7. The van der Waals surface area contributed by atoms with Crippen LogP contribution < -0.4 is 9.62 Å². The fraction of sp³-hybridized carbons (Fsp3) is 0.0952. The summed E-state index contributed by atoms with van der Waals surface area (Å²) in [5, 5.41) is 3.35. The van der Waals surface area contributed by atoms with Crippen molar-refractivity contribution in [3.05, 3.63) is 94.2 Å². The second-order valence-corrected chi connectivity index (χ2v) is 8.95. The Labute approximate surface area is 184 Å². The summed E-state index contributed by atoms with van der Waals surface area (Å²) in [7, 11) is -3.98. The van der Waals surface area contributed by atoms with Gasteiger partial charge in [0.2, 0.25) is 0 Å². The molecule has 0 aliphatic carbocycles. The molecule has 0 fully saturated rings. The molecule has 0 unspecified atom stereocenters. The normalized spacial score (nSPS) is 11.2. The van der Waals surface area contributed by atoms with E-state index in [4.69, 9.17) is 23.2 Å². The number of benzene rings is 3. The molecule has 0 saturated heterocycles. The van der Waals surface area contributed by atoms with Crippen LogP contribution in [0.5, 0.6) is 0 Å². The summed E-state index contributed by atoms with van der Waals surface area (Å²) in [5.41, 5.74) is 0.548. The largest absolute Gasteiger partial charge is 0.350 e. The van der Waals surface area contributed by atoms with Crippen LogP contribution in [0.25, 0.3) is 0 Å². The van der Waals surface area contributed by atoms with E-state index in [0.717, 1.165) is 4.31 Å². The van der Waals surface area contributed by atoms with Gasteiger partial charge in [-0.05, 0) is 60.7 Å². The number of nitrogens with one attached hydrogen (secondary N) is 1. The lowest BCUT2D eigenvalue weighted by Crippen LogP contribution is -2.38. The maximum absolute atomic E-state index is 13.3. The van der Waals surface area contributed by atoms with Gasteiger partial charge in [-0.1, -0.05) is 35.3 Å². The topological polar surface area (TPSA) is 66.5 Å². The quantitative estimate of drug-likeness (QED) is 0.545. The fourth-order valence-electron chi connectivity index (χ4n) is 2.74. The van der Waals surface area contributed by atoms with E-state index < -0.39 is 21.7 Å². The molecule has 0 aromatic heterocycles. The molecule has 0 aliphatic rings. The zero-order valence-corrected chi connectivity index (χ0v) is 17.9. The van der Waals surface area contributed by atoms with E-state index in [-0.39, 0.29) is 29.2 Å². The minimum atomic E-state index is -3.98. The van der Waals surface area contributed by atoms with Crippen LogP contribution >= 0.6 is 23.2 Å². The van der Waals surface area contributed by atoms with Crippen LogP contribution in [-0.4, -0.2) is 27.4 Å². The van der Waals surface area contributed by atoms with Crippen LogP contribution in [0.4, 0.5) is 10.1 Å². The maximum Gasteiger partial charge on any atom is 0.264 e. The van der Waals surface area contributed by atoms with Gasteiger partial charge in [0.1, 0.15) is 5.82 Å². The highest BCUT2D eigenvalue weighted by Crippen LogP contribution is 2.25. The third-order valence-electron chi connectivity index (χ3n) is 4.24. The number of rotatable bonds is 7.